The molecular weight excluding hydrogens is 365 g/mol. The Labute approximate surface area is 166 Å². The lowest BCUT2D eigenvalue weighted by molar-refractivity contribution is 0.198. The van der Waals surface area contributed by atoms with Crippen LogP contribution in [0.3, 0.4) is 0 Å². The van der Waals surface area contributed by atoms with Crippen LogP contribution in [-0.2, 0) is 0 Å². The van der Waals surface area contributed by atoms with Gasteiger partial charge in [0.2, 0.25) is 0 Å². The number of hydrogen-bond acceptors (Lipinski definition) is 2. The van der Waals surface area contributed by atoms with Crippen LogP contribution in [0.4, 0.5) is 14.9 Å². The SMILES string of the molecule is Cc1cccc(N2CCN(C(=O)N/C=C/c3ccc(F)cc3)CC2)c1C.Cl. The fraction of sp³-hybridized carbons (Fsp3) is 0.286. The Morgan fingerprint density at radius 1 is 1.04 bits per heavy atom. The molecule has 1 aliphatic heterocycles. The van der Waals surface area contributed by atoms with Crippen LogP contribution < -0.4 is 10.2 Å². The summed E-state index contributed by atoms with van der Waals surface area (Å²) in [5, 5.41) is 2.78. The van der Waals surface area contributed by atoms with E-state index >= 15 is 0 Å². The van der Waals surface area contributed by atoms with E-state index in [4.69, 9.17) is 0 Å². The summed E-state index contributed by atoms with van der Waals surface area (Å²) in [6.45, 7) is 7.27. The van der Waals surface area contributed by atoms with Gasteiger partial charge in [-0.3, -0.25) is 0 Å². The Kier molecular flexibility index (Phi) is 7.25. The molecule has 1 aliphatic rings. The van der Waals surface area contributed by atoms with Crippen molar-refractivity contribution >= 4 is 30.2 Å². The fourth-order valence-electron chi connectivity index (χ4n) is 3.10. The Hall–Kier alpha value is -2.53. The first-order chi connectivity index (χ1) is 12.5. The summed E-state index contributed by atoms with van der Waals surface area (Å²) in [5.41, 5.74) is 4.67. The van der Waals surface area contributed by atoms with Gasteiger partial charge in [-0.15, -0.1) is 12.4 Å². The molecule has 6 heteroatoms. The third-order valence-electron chi connectivity index (χ3n) is 4.84. The van der Waals surface area contributed by atoms with Crippen molar-refractivity contribution in [2.45, 2.75) is 13.8 Å². The number of nitrogens with one attached hydrogen (secondary N) is 1. The molecule has 2 aromatic rings. The van der Waals surface area contributed by atoms with Gasteiger partial charge in [0.05, 0.1) is 0 Å². The highest BCUT2D eigenvalue weighted by Crippen LogP contribution is 2.23. The van der Waals surface area contributed by atoms with Crippen LogP contribution in [0, 0.1) is 19.7 Å². The van der Waals surface area contributed by atoms with E-state index in [-0.39, 0.29) is 24.3 Å². The average Bonchev–Trinajstić information content (AvgIpc) is 2.66. The molecule has 4 nitrogen and oxygen atoms in total. The van der Waals surface area contributed by atoms with E-state index < -0.39 is 0 Å². The van der Waals surface area contributed by atoms with Crippen LogP contribution in [-0.4, -0.2) is 37.1 Å². The molecule has 1 N–H and O–H groups in total. The van der Waals surface area contributed by atoms with Gasteiger partial charge in [-0.1, -0.05) is 24.3 Å². The molecule has 0 aromatic heterocycles. The molecule has 0 aliphatic carbocycles. The second-order valence-electron chi connectivity index (χ2n) is 6.53. The normalized spacial score (nSPS) is 14.2. The minimum atomic E-state index is -0.270. The van der Waals surface area contributed by atoms with Crippen molar-refractivity contribution in [1.29, 1.82) is 0 Å². The summed E-state index contributed by atoms with van der Waals surface area (Å²) in [6.07, 6.45) is 3.36. The first kappa shape index (κ1) is 20.8. The molecule has 1 fully saturated rings. The van der Waals surface area contributed by atoms with Crippen molar-refractivity contribution in [2.24, 2.45) is 0 Å². The first-order valence-electron chi connectivity index (χ1n) is 8.83. The van der Waals surface area contributed by atoms with E-state index in [1.165, 1.54) is 28.9 Å². The molecule has 0 radical (unpaired) electrons. The predicted octanol–water partition coefficient (Wildman–Crippen LogP) is 4.37. The Bertz CT molecular complexity index is 800. The number of piperazine rings is 1. The van der Waals surface area contributed by atoms with Gasteiger partial charge in [-0.25, -0.2) is 9.18 Å². The number of aryl methyl sites for hydroxylation is 1. The van der Waals surface area contributed by atoms with E-state index in [0.717, 1.165) is 18.7 Å². The molecule has 0 spiro atoms. The first-order valence-corrected chi connectivity index (χ1v) is 8.83. The minimum Gasteiger partial charge on any atom is -0.368 e. The second-order valence-corrected chi connectivity index (χ2v) is 6.53. The fourth-order valence-corrected chi connectivity index (χ4v) is 3.10. The summed E-state index contributed by atoms with van der Waals surface area (Å²) in [6, 6.07) is 12.4. The predicted molar refractivity (Wildman–Crippen MR) is 111 cm³/mol. The standard InChI is InChI=1S/C21H24FN3O.ClH/c1-16-4-3-5-20(17(16)2)24-12-14-25(15-13-24)21(26)23-11-10-18-6-8-19(22)9-7-18;/h3-11H,12-15H2,1-2H3,(H,23,26);1H/b11-10+;. The highest BCUT2D eigenvalue weighted by atomic mass is 35.5. The molecule has 2 aromatic carbocycles. The maximum absolute atomic E-state index is 12.9. The van der Waals surface area contributed by atoms with Gasteiger partial charge in [0.25, 0.3) is 0 Å². The maximum Gasteiger partial charge on any atom is 0.321 e. The molecule has 144 valence electrons. The van der Waals surface area contributed by atoms with Gasteiger partial charge >= 0.3 is 6.03 Å². The van der Waals surface area contributed by atoms with Crippen molar-refractivity contribution in [3.8, 4) is 0 Å². The zero-order chi connectivity index (χ0) is 18.5. The number of hydrogen-bond donors (Lipinski definition) is 1. The lowest BCUT2D eigenvalue weighted by atomic mass is 10.1. The molecule has 0 unspecified atom stereocenters. The monoisotopic (exact) mass is 389 g/mol. The number of nitrogens with zero attached hydrogens (tertiary/aromatic N) is 2. The van der Waals surface area contributed by atoms with E-state index in [1.54, 1.807) is 24.4 Å². The lowest BCUT2D eigenvalue weighted by Gasteiger charge is -2.36. The number of halogens is 2. The van der Waals surface area contributed by atoms with Crippen LogP contribution >= 0.6 is 12.4 Å². The van der Waals surface area contributed by atoms with Crippen molar-refractivity contribution in [3.05, 3.63) is 71.2 Å². The topological polar surface area (TPSA) is 35.6 Å². The molecule has 27 heavy (non-hydrogen) atoms. The van der Waals surface area contributed by atoms with Crippen molar-refractivity contribution < 1.29 is 9.18 Å². The Morgan fingerprint density at radius 3 is 2.37 bits per heavy atom. The molecule has 0 saturated carbocycles. The van der Waals surface area contributed by atoms with Crippen molar-refractivity contribution in [2.75, 3.05) is 31.1 Å². The molecule has 1 heterocycles. The van der Waals surface area contributed by atoms with Crippen molar-refractivity contribution in [3.63, 3.8) is 0 Å². The third kappa shape index (κ3) is 5.23. The molecular formula is C21H25ClFN3O. The zero-order valence-corrected chi connectivity index (χ0v) is 16.4. The van der Waals surface area contributed by atoms with E-state index in [1.807, 2.05) is 4.90 Å². The number of urea groups is 1. The number of carbonyl (C=O) groups excluding carboxylic acids is 1. The van der Waals surface area contributed by atoms with E-state index in [2.05, 4.69) is 42.3 Å². The highest BCUT2D eigenvalue weighted by molar-refractivity contribution is 5.85. The number of carbonyl (C=O) groups is 1. The van der Waals surface area contributed by atoms with Gasteiger partial charge in [-0.2, -0.15) is 0 Å². The van der Waals surface area contributed by atoms with Gasteiger partial charge in [0.1, 0.15) is 5.82 Å². The molecule has 0 bridgehead atoms. The van der Waals surface area contributed by atoms with E-state index in [9.17, 15) is 9.18 Å². The minimum absolute atomic E-state index is 0. The van der Waals surface area contributed by atoms with Gasteiger partial charge in [0, 0.05) is 38.1 Å². The number of benzene rings is 2. The van der Waals surface area contributed by atoms with Crippen LogP contribution in [0.1, 0.15) is 16.7 Å². The number of rotatable bonds is 3. The van der Waals surface area contributed by atoms with E-state index in [0.29, 0.717) is 13.1 Å². The Morgan fingerprint density at radius 2 is 1.70 bits per heavy atom. The van der Waals surface area contributed by atoms with Gasteiger partial charge in [-0.05, 0) is 54.8 Å². The van der Waals surface area contributed by atoms with Crippen molar-refractivity contribution in [1.82, 2.24) is 10.2 Å². The molecule has 0 atom stereocenters. The van der Waals surface area contributed by atoms with Crippen LogP contribution in [0.15, 0.2) is 48.7 Å². The highest BCUT2D eigenvalue weighted by Gasteiger charge is 2.21. The second kappa shape index (κ2) is 9.42. The smallest absolute Gasteiger partial charge is 0.321 e. The Balaban J connectivity index is 0.00000261. The summed E-state index contributed by atoms with van der Waals surface area (Å²) in [7, 11) is 0. The third-order valence-corrected chi connectivity index (χ3v) is 4.84. The van der Waals surface area contributed by atoms with Gasteiger partial charge in [0.15, 0.2) is 0 Å². The summed E-state index contributed by atoms with van der Waals surface area (Å²) in [4.78, 5) is 16.4. The van der Waals surface area contributed by atoms with Crippen LogP contribution in [0.2, 0.25) is 0 Å². The number of amides is 2. The zero-order valence-electron chi connectivity index (χ0n) is 15.6. The molecule has 3 rings (SSSR count). The quantitative estimate of drug-likeness (QED) is 0.846. The number of anilines is 1. The molecule has 2 amide bonds. The maximum atomic E-state index is 12.9. The average molecular weight is 390 g/mol. The summed E-state index contributed by atoms with van der Waals surface area (Å²) < 4.78 is 12.9. The van der Waals surface area contributed by atoms with Gasteiger partial charge < -0.3 is 15.1 Å². The molecule has 1 saturated heterocycles. The van der Waals surface area contributed by atoms with Crippen LogP contribution in [0.25, 0.3) is 6.08 Å². The largest absolute Gasteiger partial charge is 0.368 e. The summed E-state index contributed by atoms with van der Waals surface area (Å²) >= 11 is 0. The summed E-state index contributed by atoms with van der Waals surface area (Å²) in [5.74, 6) is -0.270. The van der Waals surface area contributed by atoms with Crippen LogP contribution in [0.5, 0.6) is 0 Å². The lowest BCUT2D eigenvalue weighted by Crippen LogP contribution is -2.51.